The molecule has 0 unspecified atom stereocenters. The second-order valence-corrected chi connectivity index (χ2v) is 9.15. The normalized spacial score (nSPS) is 13.1. The Morgan fingerprint density at radius 3 is 2.74 bits per heavy atom. The van der Waals surface area contributed by atoms with Crippen LogP contribution in [0, 0.1) is 11.6 Å². The Morgan fingerprint density at radius 2 is 2.00 bits per heavy atom. The van der Waals surface area contributed by atoms with Gasteiger partial charge in [-0.25, -0.2) is 13.8 Å². The summed E-state index contributed by atoms with van der Waals surface area (Å²) in [6.45, 7) is 2.46. The molecular weight excluding hydrogens is 525 g/mol. The molecular formula is C27H23BClF2N6O2. The predicted octanol–water partition coefficient (Wildman–Crippen LogP) is 5.06. The summed E-state index contributed by atoms with van der Waals surface area (Å²) in [4.78, 5) is 21.3. The summed E-state index contributed by atoms with van der Waals surface area (Å²) in [6.07, 6.45) is 6.74. The van der Waals surface area contributed by atoms with Gasteiger partial charge in [-0.3, -0.25) is 9.78 Å². The summed E-state index contributed by atoms with van der Waals surface area (Å²) in [5.74, 6) is -1.60. The highest BCUT2D eigenvalue weighted by Gasteiger charge is 2.21. The van der Waals surface area contributed by atoms with Gasteiger partial charge >= 0.3 is 0 Å². The van der Waals surface area contributed by atoms with E-state index in [1.54, 1.807) is 6.08 Å². The number of imidazole rings is 1. The van der Waals surface area contributed by atoms with Crippen molar-refractivity contribution in [3.05, 3.63) is 100 Å². The van der Waals surface area contributed by atoms with E-state index >= 15 is 4.39 Å². The van der Waals surface area contributed by atoms with Crippen molar-refractivity contribution in [1.29, 1.82) is 0 Å². The van der Waals surface area contributed by atoms with Gasteiger partial charge in [-0.15, -0.1) is 0 Å². The molecule has 1 amide bonds. The van der Waals surface area contributed by atoms with Crippen molar-refractivity contribution in [2.45, 2.75) is 13.3 Å². The number of nitrogens with zero attached hydrogens (tertiary/aromatic N) is 3. The number of aromatic nitrogens is 3. The lowest BCUT2D eigenvalue weighted by molar-refractivity contribution is 0.102. The van der Waals surface area contributed by atoms with E-state index in [4.69, 9.17) is 16.3 Å². The molecule has 2 aromatic heterocycles. The van der Waals surface area contributed by atoms with Crippen LogP contribution in [0.5, 0.6) is 0 Å². The van der Waals surface area contributed by atoms with E-state index < -0.39 is 17.5 Å². The number of fused-ring (bicyclic) bond motifs is 1. The van der Waals surface area contributed by atoms with Gasteiger partial charge in [0.2, 0.25) is 0 Å². The average Bonchev–Trinajstić information content (AvgIpc) is 3.37. The van der Waals surface area contributed by atoms with Crippen LogP contribution in [0.15, 0.2) is 77.6 Å². The lowest BCUT2D eigenvalue weighted by Crippen LogP contribution is -2.26. The third-order valence-electron chi connectivity index (χ3n) is 6.18. The molecule has 0 fully saturated rings. The molecule has 0 saturated heterocycles. The first-order valence-corrected chi connectivity index (χ1v) is 12.4. The second-order valence-electron chi connectivity index (χ2n) is 8.67. The number of carbonyl (C=O) groups excluding carboxylic acids is 1. The molecule has 3 N–H and O–H groups in total. The van der Waals surface area contributed by atoms with Crippen molar-refractivity contribution in [3.63, 3.8) is 0 Å². The number of hydrogen-bond acceptors (Lipinski definition) is 6. The summed E-state index contributed by atoms with van der Waals surface area (Å²) in [6, 6.07) is 9.93. The first-order valence-electron chi connectivity index (χ1n) is 12.1. The van der Waals surface area contributed by atoms with E-state index in [1.165, 1.54) is 43.7 Å². The maximum Gasteiger partial charge on any atom is 0.288 e. The van der Waals surface area contributed by atoms with Crippen molar-refractivity contribution >= 4 is 41.8 Å². The van der Waals surface area contributed by atoms with Crippen molar-refractivity contribution in [2.75, 3.05) is 24.2 Å². The highest BCUT2D eigenvalue weighted by atomic mass is 35.5. The van der Waals surface area contributed by atoms with Gasteiger partial charge in [-0.1, -0.05) is 30.7 Å². The number of aryl methyl sites for hydroxylation is 1. The van der Waals surface area contributed by atoms with Crippen LogP contribution in [0.1, 0.15) is 23.0 Å². The number of ether oxygens (including phenoxy) is 1. The van der Waals surface area contributed by atoms with Gasteiger partial charge in [-0.2, -0.15) is 0 Å². The standard InChI is InChI=1S/C27H23BClF2N6O2/c1-3-15-4-6-17(7-5-15)35-26(38)25-22-12-32-21(13-37(22)14-34-25)23-19(30)8-9-20(24(23)31)36-28-18-10-16(29)11-33-27(18)39-2/h4-10,12-14,33,36H,3,11H2,1-2H3,(H,35,38). The van der Waals surface area contributed by atoms with Gasteiger partial charge < -0.3 is 25.0 Å². The van der Waals surface area contributed by atoms with Crippen molar-refractivity contribution in [2.24, 2.45) is 0 Å². The minimum Gasteiger partial charge on any atom is -0.483 e. The van der Waals surface area contributed by atoms with Gasteiger partial charge in [0.25, 0.3) is 13.3 Å². The number of amides is 1. The SMILES string of the molecule is CCc1ccc(NC(=O)c2ncn3cc(-c4c(F)ccc(N[B]C5=C(OC)NCC(Cl)=C5)c4F)ncc23)cc1. The largest absolute Gasteiger partial charge is 0.483 e. The fourth-order valence-electron chi connectivity index (χ4n) is 4.12. The summed E-state index contributed by atoms with van der Waals surface area (Å²) in [7, 11) is 3.00. The molecule has 0 bridgehead atoms. The third kappa shape index (κ3) is 5.44. The van der Waals surface area contributed by atoms with Crippen LogP contribution >= 0.6 is 11.6 Å². The number of methoxy groups -OCH3 is 1. The van der Waals surface area contributed by atoms with Crippen LogP contribution in [0.2, 0.25) is 0 Å². The molecule has 3 heterocycles. The van der Waals surface area contributed by atoms with E-state index in [-0.39, 0.29) is 22.6 Å². The van der Waals surface area contributed by atoms with Crippen LogP contribution in [0.4, 0.5) is 20.2 Å². The number of carbonyl (C=O) groups is 1. The predicted molar refractivity (Wildman–Crippen MR) is 147 cm³/mol. The summed E-state index contributed by atoms with van der Waals surface area (Å²) < 4.78 is 37.1. The molecule has 1 aliphatic heterocycles. The Labute approximate surface area is 229 Å². The molecule has 39 heavy (non-hydrogen) atoms. The minimum atomic E-state index is -0.842. The van der Waals surface area contributed by atoms with E-state index in [1.807, 2.05) is 31.2 Å². The van der Waals surface area contributed by atoms with Gasteiger partial charge in [0.05, 0.1) is 42.3 Å². The second kappa shape index (κ2) is 11.2. The number of rotatable bonds is 8. The Balaban J connectivity index is 1.39. The maximum atomic E-state index is 15.5. The van der Waals surface area contributed by atoms with Gasteiger partial charge in [0, 0.05) is 16.9 Å². The fraction of sp³-hybridized carbons (Fsp3) is 0.148. The minimum absolute atomic E-state index is 0.0196. The number of dihydropyridines is 1. The van der Waals surface area contributed by atoms with Crippen LogP contribution in [0.25, 0.3) is 16.8 Å². The third-order valence-corrected chi connectivity index (χ3v) is 6.42. The van der Waals surface area contributed by atoms with E-state index in [9.17, 15) is 9.18 Å². The molecule has 12 heteroatoms. The van der Waals surface area contributed by atoms with Gasteiger partial charge in [0.15, 0.2) is 17.4 Å². The molecule has 5 rings (SSSR count). The summed E-state index contributed by atoms with van der Waals surface area (Å²) in [5.41, 5.74) is 2.57. The average molecular weight is 548 g/mol. The van der Waals surface area contributed by atoms with Crippen LogP contribution < -0.4 is 15.9 Å². The molecule has 197 valence electrons. The molecule has 2 aromatic carbocycles. The monoisotopic (exact) mass is 547 g/mol. The molecule has 0 atom stereocenters. The Bertz CT molecular complexity index is 1620. The Hall–Kier alpha value is -4.38. The topological polar surface area (TPSA) is 92.6 Å². The summed E-state index contributed by atoms with van der Waals surface area (Å²) in [5, 5.41) is 9.19. The highest BCUT2D eigenvalue weighted by Crippen LogP contribution is 2.30. The van der Waals surface area contributed by atoms with Crippen LogP contribution in [-0.4, -0.2) is 41.3 Å². The number of anilines is 2. The van der Waals surface area contributed by atoms with E-state index in [2.05, 4.69) is 25.8 Å². The Morgan fingerprint density at radius 1 is 1.21 bits per heavy atom. The lowest BCUT2D eigenvalue weighted by atomic mass is 9.80. The number of allylic oxidation sites excluding steroid dienone is 2. The zero-order valence-corrected chi connectivity index (χ0v) is 21.8. The van der Waals surface area contributed by atoms with Crippen molar-refractivity contribution in [3.8, 4) is 11.3 Å². The fourth-order valence-corrected chi connectivity index (χ4v) is 4.30. The number of nitrogens with one attached hydrogen (secondary N) is 3. The quantitative estimate of drug-likeness (QED) is 0.267. The van der Waals surface area contributed by atoms with Crippen LogP contribution in [-0.2, 0) is 11.2 Å². The van der Waals surface area contributed by atoms with E-state index in [0.717, 1.165) is 18.1 Å². The first kappa shape index (κ1) is 26.2. The van der Waals surface area contributed by atoms with E-state index in [0.29, 0.717) is 34.1 Å². The van der Waals surface area contributed by atoms with Gasteiger partial charge in [0.1, 0.15) is 12.1 Å². The molecule has 4 aromatic rings. The highest BCUT2D eigenvalue weighted by molar-refractivity contribution is 6.51. The summed E-state index contributed by atoms with van der Waals surface area (Å²) >= 11 is 6.09. The van der Waals surface area contributed by atoms with Crippen molar-refractivity contribution in [1.82, 2.24) is 19.7 Å². The Kier molecular flexibility index (Phi) is 7.51. The molecule has 1 aliphatic rings. The number of hydrogen-bond donors (Lipinski definition) is 3. The number of benzene rings is 2. The molecule has 8 nitrogen and oxygen atoms in total. The smallest absolute Gasteiger partial charge is 0.288 e. The zero-order chi connectivity index (χ0) is 27.5. The molecule has 0 saturated carbocycles. The zero-order valence-electron chi connectivity index (χ0n) is 21.1. The van der Waals surface area contributed by atoms with Crippen molar-refractivity contribution < 1.29 is 18.3 Å². The number of halogens is 3. The molecule has 0 aliphatic carbocycles. The molecule has 0 spiro atoms. The lowest BCUT2D eigenvalue weighted by Gasteiger charge is -2.19. The van der Waals surface area contributed by atoms with Crippen LogP contribution in [0.3, 0.4) is 0 Å². The maximum absolute atomic E-state index is 15.5. The van der Waals surface area contributed by atoms with Gasteiger partial charge in [-0.05, 0) is 47.8 Å². The molecule has 1 radical (unpaired) electrons. The first-order chi connectivity index (χ1) is 18.9.